The monoisotopic (exact) mass is 426 g/mol. The summed E-state index contributed by atoms with van der Waals surface area (Å²) in [4.78, 5) is 25.0. The number of hydrogen-bond acceptors (Lipinski definition) is 4. The summed E-state index contributed by atoms with van der Waals surface area (Å²) < 4.78 is 10.9. The summed E-state index contributed by atoms with van der Waals surface area (Å²) in [6.07, 6.45) is 1.43. The Morgan fingerprint density at radius 1 is 0.844 bits per heavy atom. The van der Waals surface area contributed by atoms with E-state index in [2.05, 4.69) is 10.6 Å². The number of anilines is 2. The molecule has 0 saturated carbocycles. The van der Waals surface area contributed by atoms with Gasteiger partial charge in [0.05, 0.1) is 6.26 Å². The molecule has 0 aliphatic heterocycles. The molecule has 3 aromatic carbocycles. The molecule has 1 aromatic heterocycles. The molecule has 6 heteroatoms. The van der Waals surface area contributed by atoms with Gasteiger partial charge in [0.15, 0.2) is 5.76 Å². The Labute approximate surface area is 185 Å². The molecule has 2 N–H and O–H groups in total. The Morgan fingerprint density at radius 3 is 2.34 bits per heavy atom. The fraction of sp³-hybridized carbons (Fsp3) is 0.0769. The number of benzene rings is 3. The number of nitrogens with one attached hydrogen (secondary N) is 2. The van der Waals surface area contributed by atoms with Crippen molar-refractivity contribution in [3.63, 3.8) is 0 Å². The van der Waals surface area contributed by atoms with E-state index in [1.54, 1.807) is 42.5 Å². The van der Waals surface area contributed by atoms with Crippen LogP contribution >= 0.6 is 0 Å². The highest BCUT2D eigenvalue weighted by Gasteiger charge is 2.13. The maximum absolute atomic E-state index is 12.7. The zero-order valence-electron chi connectivity index (χ0n) is 17.5. The first-order valence-corrected chi connectivity index (χ1v) is 10.1. The highest BCUT2D eigenvalue weighted by atomic mass is 16.5. The van der Waals surface area contributed by atoms with Gasteiger partial charge in [0.25, 0.3) is 11.8 Å². The summed E-state index contributed by atoms with van der Waals surface area (Å²) in [5, 5.41) is 5.64. The van der Waals surface area contributed by atoms with Crippen molar-refractivity contribution in [2.24, 2.45) is 0 Å². The maximum atomic E-state index is 12.7. The Balaban J connectivity index is 1.38. The van der Waals surface area contributed by atoms with Crippen LogP contribution in [0.25, 0.3) is 0 Å². The van der Waals surface area contributed by atoms with Crippen molar-refractivity contribution in [2.75, 3.05) is 10.6 Å². The van der Waals surface area contributed by atoms with Gasteiger partial charge in [-0.3, -0.25) is 9.59 Å². The van der Waals surface area contributed by atoms with E-state index in [-0.39, 0.29) is 17.6 Å². The first-order valence-electron chi connectivity index (χ1n) is 10.1. The predicted octanol–water partition coefficient (Wildman–Crippen LogP) is 5.67. The second kappa shape index (κ2) is 9.66. The molecule has 0 aliphatic carbocycles. The smallest absolute Gasteiger partial charge is 0.291 e. The van der Waals surface area contributed by atoms with E-state index in [4.69, 9.17) is 9.15 Å². The fourth-order valence-electron chi connectivity index (χ4n) is 3.07. The van der Waals surface area contributed by atoms with Crippen LogP contribution in [0, 0.1) is 6.92 Å². The van der Waals surface area contributed by atoms with Gasteiger partial charge in [0.2, 0.25) is 0 Å². The Morgan fingerprint density at radius 2 is 1.62 bits per heavy atom. The van der Waals surface area contributed by atoms with Gasteiger partial charge >= 0.3 is 0 Å². The van der Waals surface area contributed by atoms with E-state index in [1.807, 2.05) is 49.4 Å². The highest BCUT2D eigenvalue weighted by molar-refractivity contribution is 6.07. The molecule has 0 saturated heterocycles. The number of ether oxygens (including phenoxy) is 1. The molecule has 0 spiro atoms. The van der Waals surface area contributed by atoms with Crippen molar-refractivity contribution in [1.29, 1.82) is 0 Å². The molecular weight excluding hydrogens is 404 g/mol. The number of rotatable bonds is 7. The van der Waals surface area contributed by atoms with Crippen molar-refractivity contribution in [2.45, 2.75) is 13.5 Å². The third-order valence-electron chi connectivity index (χ3n) is 4.85. The van der Waals surface area contributed by atoms with Crippen molar-refractivity contribution in [3.8, 4) is 5.75 Å². The zero-order chi connectivity index (χ0) is 22.3. The first-order chi connectivity index (χ1) is 15.6. The summed E-state index contributed by atoms with van der Waals surface area (Å²) in [6, 6.07) is 25.4. The molecule has 4 aromatic rings. The molecule has 1 heterocycles. The molecule has 0 bridgehead atoms. The predicted molar refractivity (Wildman–Crippen MR) is 123 cm³/mol. The number of hydrogen-bond donors (Lipinski definition) is 2. The highest BCUT2D eigenvalue weighted by Crippen LogP contribution is 2.21. The zero-order valence-corrected chi connectivity index (χ0v) is 17.5. The van der Waals surface area contributed by atoms with Crippen LogP contribution in [0.2, 0.25) is 0 Å². The van der Waals surface area contributed by atoms with E-state index >= 15 is 0 Å². The van der Waals surface area contributed by atoms with E-state index in [0.29, 0.717) is 29.3 Å². The number of amides is 2. The van der Waals surface area contributed by atoms with E-state index in [0.717, 1.165) is 11.1 Å². The van der Waals surface area contributed by atoms with Gasteiger partial charge in [0.1, 0.15) is 12.4 Å². The van der Waals surface area contributed by atoms with Crippen LogP contribution in [-0.2, 0) is 6.61 Å². The van der Waals surface area contributed by atoms with Gasteiger partial charge in [-0.25, -0.2) is 0 Å². The van der Waals surface area contributed by atoms with Crippen LogP contribution in [0.15, 0.2) is 95.6 Å². The average molecular weight is 426 g/mol. The SMILES string of the molecule is Cc1ccc(C(=O)Nc2ccc(OCc3ccccc3)cc2)cc1NC(=O)c1ccco1. The Kier molecular flexibility index (Phi) is 6.32. The van der Waals surface area contributed by atoms with Gasteiger partial charge in [-0.05, 0) is 66.6 Å². The van der Waals surface area contributed by atoms with Crippen LogP contribution < -0.4 is 15.4 Å². The van der Waals surface area contributed by atoms with Crippen molar-refractivity contribution >= 4 is 23.2 Å². The Bertz CT molecular complexity index is 1200. The second-order valence-corrected chi connectivity index (χ2v) is 7.21. The normalized spacial score (nSPS) is 10.4. The van der Waals surface area contributed by atoms with E-state index in [9.17, 15) is 9.59 Å². The van der Waals surface area contributed by atoms with Crippen LogP contribution in [0.5, 0.6) is 5.75 Å². The fourth-order valence-corrected chi connectivity index (χ4v) is 3.07. The Hall–Kier alpha value is -4.32. The molecule has 0 aliphatic rings. The molecule has 0 fully saturated rings. The summed E-state index contributed by atoms with van der Waals surface area (Å²) in [5.41, 5.74) is 3.53. The lowest BCUT2D eigenvalue weighted by atomic mass is 10.1. The molecule has 0 radical (unpaired) electrons. The largest absolute Gasteiger partial charge is 0.489 e. The number of carbonyl (C=O) groups excluding carboxylic acids is 2. The molecule has 32 heavy (non-hydrogen) atoms. The van der Waals surface area contributed by atoms with E-state index in [1.165, 1.54) is 6.26 Å². The van der Waals surface area contributed by atoms with Crippen LogP contribution in [0.1, 0.15) is 32.0 Å². The molecule has 6 nitrogen and oxygen atoms in total. The minimum absolute atomic E-state index is 0.203. The van der Waals surface area contributed by atoms with Gasteiger partial charge < -0.3 is 19.8 Å². The molecule has 2 amide bonds. The lowest BCUT2D eigenvalue weighted by Gasteiger charge is -2.11. The third kappa shape index (κ3) is 5.23. The molecule has 0 atom stereocenters. The standard InChI is InChI=1S/C26H22N2O4/c1-18-9-10-20(16-23(18)28-26(30)24-8-5-15-31-24)25(29)27-21-11-13-22(14-12-21)32-17-19-6-3-2-4-7-19/h2-16H,17H2,1H3,(H,27,29)(H,28,30). The lowest BCUT2D eigenvalue weighted by molar-refractivity contribution is 0.0993. The summed E-state index contributed by atoms with van der Waals surface area (Å²) in [5.74, 6) is 0.261. The maximum Gasteiger partial charge on any atom is 0.291 e. The van der Waals surface area contributed by atoms with Gasteiger partial charge in [-0.15, -0.1) is 0 Å². The van der Waals surface area contributed by atoms with Gasteiger partial charge in [-0.1, -0.05) is 36.4 Å². The summed E-state index contributed by atoms with van der Waals surface area (Å²) in [6.45, 7) is 2.33. The quantitative estimate of drug-likeness (QED) is 0.399. The first kappa shape index (κ1) is 20.9. The number of carbonyl (C=O) groups is 2. The van der Waals surface area contributed by atoms with Crippen LogP contribution in [-0.4, -0.2) is 11.8 Å². The van der Waals surface area contributed by atoms with Gasteiger partial charge in [0, 0.05) is 16.9 Å². The number of aryl methyl sites for hydroxylation is 1. The van der Waals surface area contributed by atoms with Crippen LogP contribution in [0.3, 0.4) is 0 Å². The van der Waals surface area contributed by atoms with Crippen molar-refractivity contribution < 1.29 is 18.7 Å². The molecule has 160 valence electrons. The number of furan rings is 1. The van der Waals surface area contributed by atoms with Gasteiger partial charge in [-0.2, -0.15) is 0 Å². The minimum atomic E-state index is -0.373. The minimum Gasteiger partial charge on any atom is -0.489 e. The third-order valence-corrected chi connectivity index (χ3v) is 4.85. The van der Waals surface area contributed by atoms with E-state index < -0.39 is 0 Å². The second-order valence-electron chi connectivity index (χ2n) is 7.21. The van der Waals surface area contributed by atoms with Crippen molar-refractivity contribution in [1.82, 2.24) is 0 Å². The summed E-state index contributed by atoms with van der Waals surface area (Å²) >= 11 is 0. The molecule has 4 rings (SSSR count). The molecule has 0 unspecified atom stereocenters. The lowest BCUT2D eigenvalue weighted by Crippen LogP contribution is -2.15. The van der Waals surface area contributed by atoms with Crippen molar-refractivity contribution in [3.05, 3.63) is 114 Å². The topological polar surface area (TPSA) is 80.6 Å². The summed E-state index contributed by atoms with van der Waals surface area (Å²) in [7, 11) is 0. The van der Waals surface area contributed by atoms with Crippen LogP contribution in [0.4, 0.5) is 11.4 Å². The molecular formula is C26H22N2O4. The average Bonchev–Trinajstić information content (AvgIpc) is 3.36.